The van der Waals surface area contributed by atoms with Crippen molar-refractivity contribution in [3.05, 3.63) is 11.7 Å². The number of nitrogens with zero attached hydrogens (tertiary/aromatic N) is 3. The van der Waals surface area contributed by atoms with Crippen LogP contribution in [0.5, 0.6) is 0 Å². The van der Waals surface area contributed by atoms with Gasteiger partial charge in [0.05, 0.1) is 5.25 Å². The van der Waals surface area contributed by atoms with Gasteiger partial charge in [-0.1, -0.05) is 18.0 Å². The average Bonchev–Trinajstić information content (AvgIpc) is 3.18. The maximum atomic E-state index is 12.4. The maximum absolute atomic E-state index is 12.4. The Hall–Kier alpha value is -1.44. The molecule has 1 aromatic rings. The van der Waals surface area contributed by atoms with Crippen LogP contribution in [0.3, 0.4) is 0 Å². The molecular weight excluding hydrogens is 318 g/mol. The van der Waals surface area contributed by atoms with E-state index >= 15 is 0 Å². The molecule has 1 aliphatic carbocycles. The number of sulfone groups is 1. The molecule has 23 heavy (non-hydrogen) atoms. The van der Waals surface area contributed by atoms with E-state index in [4.69, 9.17) is 4.52 Å². The van der Waals surface area contributed by atoms with E-state index in [0.29, 0.717) is 37.6 Å². The fourth-order valence-electron chi connectivity index (χ4n) is 3.52. The van der Waals surface area contributed by atoms with E-state index in [1.165, 1.54) is 0 Å². The fourth-order valence-corrected chi connectivity index (χ4v) is 5.34. The first-order chi connectivity index (χ1) is 11.0. The highest BCUT2D eigenvalue weighted by atomic mass is 32.2. The first-order valence-electron chi connectivity index (χ1n) is 8.25. The second kappa shape index (κ2) is 6.59. The molecule has 2 fully saturated rings. The van der Waals surface area contributed by atoms with Crippen molar-refractivity contribution < 1.29 is 17.7 Å². The van der Waals surface area contributed by atoms with Gasteiger partial charge < -0.3 is 9.42 Å². The van der Waals surface area contributed by atoms with E-state index in [1.807, 2.05) is 0 Å². The Balaban J connectivity index is 1.63. The largest absolute Gasteiger partial charge is 0.341 e. The van der Waals surface area contributed by atoms with Crippen molar-refractivity contribution in [3.63, 3.8) is 0 Å². The lowest BCUT2D eigenvalue weighted by atomic mass is 9.97. The van der Waals surface area contributed by atoms with Crippen LogP contribution in [0.2, 0.25) is 0 Å². The minimum atomic E-state index is -3.33. The van der Waals surface area contributed by atoms with Gasteiger partial charge in [-0.2, -0.15) is 4.98 Å². The Morgan fingerprint density at radius 1 is 1.26 bits per heavy atom. The molecule has 128 valence electrons. The molecule has 0 N–H and O–H groups in total. The molecule has 1 saturated carbocycles. The van der Waals surface area contributed by atoms with E-state index in [9.17, 15) is 13.2 Å². The molecule has 1 aliphatic heterocycles. The van der Waals surface area contributed by atoms with Gasteiger partial charge in [-0.25, -0.2) is 8.42 Å². The Morgan fingerprint density at radius 2 is 2.00 bits per heavy atom. The quantitative estimate of drug-likeness (QED) is 0.822. The van der Waals surface area contributed by atoms with Crippen LogP contribution in [0.4, 0.5) is 0 Å². The van der Waals surface area contributed by atoms with Crippen LogP contribution in [0.25, 0.3) is 0 Å². The third-order valence-electron chi connectivity index (χ3n) is 4.82. The topological polar surface area (TPSA) is 93.4 Å². The van der Waals surface area contributed by atoms with Crippen LogP contribution in [-0.2, 0) is 14.6 Å². The van der Waals surface area contributed by atoms with Crippen LogP contribution < -0.4 is 0 Å². The first-order valence-corrected chi connectivity index (χ1v) is 9.97. The van der Waals surface area contributed by atoms with E-state index in [1.54, 1.807) is 11.8 Å². The van der Waals surface area contributed by atoms with Gasteiger partial charge in [0.15, 0.2) is 15.7 Å². The number of piperidine rings is 1. The number of hydrogen-bond donors (Lipinski definition) is 0. The molecule has 1 amide bonds. The van der Waals surface area contributed by atoms with E-state index < -0.39 is 9.84 Å². The molecule has 0 aromatic carbocycles. The summed E-state index contributed by atoms with van der Waals surface area (Å²) in [6.07, 6.45) is 4.99. The van der Waals surface area contributed by atoms with Gasteiger partial charge in [0.25, 0.3) is 0 Å². The fraction of sp³-hybridized carbons (Fsp3) is 0.800. The normalized spacial score (nSPS) is 23.3. The van der Waals surface area contributed by atoms with Crippen LogP contribution in [-0.4, -0.2) is 53.5 Å². The van der Waals surface area contributed by atoms with Crippen LogP contribution >= 0.6 is 0 Å². The summed E-state index contributed by atoms with van der Waals surface area (Å²) in [5.41, 5.74) is 0. The zero-order valence-electron chi connectivity index (χ0n) is 13.4. The summed E-state index contributed by atoms with van der Waals surface area (Å²) in [7, 11) is -3.33. The van der Waals surface area contributed by atoms with Crippen LogP contribution in [0.1, 0.15) is 56.2 Å². The third kappa shape index (κ3) is 3.73. The maximum Gasteiger partial charge on any atom is 0.237 e. The minimum absolute atomic E-state index is 0.0272. The van der Waals surface area contributed by atoms with Crippen molar-refractivity contribution >= 4 is 15.7 Å². The number of carbonyl (C=O) groups is 1. The number of amides is 1. The van der Waals surface area contributed by atoms with Gasteiger partial charge in [0.2, 0.25) is 11.8 Å². The molecule has 0 bridgehead atoms. The summed E-state index contributed by atoms with van der Waals surface area (Å²) in [4.78, 5) is 18.3. The lowest BCUT2D eigenvalue weighted by Gasteiger charge is -2.31. The first kappa shape index (κ1) is 16.4. The highest BCUT2D eigenvalue weighted by Gasteiger charge is 2.34. The number of rotatable bonds is 4. The highest BCUT2D eigenvalue weighted by molar-refractivity contribution is 7.92. The standard InChI is InChI=1S/C15H23N3O4S/c1-11-16-15(17-22-11)12-5-4-8-18(9-12)14(19)10-23(20,21)13-6-2-3-7-13/h12-13H,2-10H2,1H3/t12-/m0/s1. The van der Waals surface area contributed by atoms with E-state index in [2.05, 4.69) is 10.1 Å². The van der Waals surface area contributed by atoms with Crippen molar-refractivity contribution in [1.82, 2.24) is 15.0 Å². The molecule has 8 heteroatoms. The summed E-state index contributed by atoms with van der Waals surface area (Å²) in [6, 6.07) is 0. The lowest BCUT2D eigenvalue weighted by Crippen LogP contribution is -2.43. The van der Waals surface area contributed by atoms with Gasteiger partial charge in [-0.05, 0) is 25.7 Å². The minimum Gasteiger partial charge on any atom is -0.341 e. The van der Waals surface area contributed by atoms with Crippen molar-refractivity contribution in [2.45, 2.75) is 56.6 Å². The predicted molar refractivity (Wildman–Crippen MR) is 83.6 cm³/mol. The molecule has 1 atom stereocenters. The average molecular weight is 341 g/mol. The molecule has 0 radical (unpaired) electrons. The monoisotopic (exact) mass is 341 g/mol. The lowest BCUT2D eigenvalue weighted by molar-refractivity contribution is -0.129. The van der Waals surface area contributed by atoms with Gasteiger partial charge in [0, 0.05) is 25.9 Å². The summed E-state index contributed by atoms with van der Waals surface area (Å²) in [6.45, 7) is 2.81. The summed E-state index contributed by atoms with van der Waals surface area (Å²) in [5, 5.41) is 3.60. The molecule has 2 aliphatic rings. The summed E-state index contributed by atoms with van der Waals surface area (Å²) >= 11 is 0. The number of carbonyl (C=O) groups excluding carboxylic acids is 1. The van der Waals surface area contributed by atoms with Crippen molar-refractivity contribution in [2.75, 3.05) is 18.8 Å². The molecule has 2 heterocycles. The second-order valence-electron chi connectivity index (χ2n) is 6.56. The predicted octanol–water partition coefficient (Wildman–Crippen LogP) is 1.44. The number of aryl methyl sites for hydroxylation is 1. The van der Waals surface area contributed by atoms with Gasteiger partial charge in [-0.3, -0.25) is 4.79 Å². The van der Waals surface area contributed by atoms with E-state index in [0.717, 1.165) is 25.7 Å². The smallest absolute Gasteiger partial charge is 0.237 e. The van der Waals surface area contributed by atoms with Crippen molar-refractivity contribution in [2.24, 2.45) is 0 Å². The van der Waals surface area contributed by atoms with Crippen molar-refractivity contribution in [1.29, 1.82) is 0 Å². The third-order valence-corrected chi connectivity index (χ3v) is 6.95. The van der Waals surface area contributed by atoms with Crippen LogP contribution in [0, 0.1) is 6.92 Å². The van der Waals surface area contributed by atoms with Gasteiger partial charge in [0.1, 0.15) is 5.75 Å². The summed E-state index contributed by atoms with van der Waals surface area (Å²) in [5.74, 6) is 0.488. The highest BCUT2D eigenvalue weighted by Crippen LogP contribution is 2.27. The second-order valence-corrected chi connectivity index (χ2v) is 8.85. The van der Waals surface area contributed by atoms with Crippen LogP contribution in [0.15, 0.2) is 4.52 Å². The molecular formula is C15H23N3O4S. The Kier molecular flexibility index (Phi) is 4.70. The molecule has 7 nitrogen and oxygen atoms in total. The number of hydrogen-bond acceptors (Lipinski definition) is 6. The molecule has 1 saturated heterocycles. The SMILES string of the molecule is Cc1nc([C@H]2CCCN(C(=O)CS(=O)(=O)C3CCCC3)C2)no1. The summed E-state index contributed by atoms with van der Waals surface area (Å²) < 4.78 is 29.7. The molecule has 0 spiro atoms. The van der Waals surface area contributed by atoms with Gasteiger partial charge in [-0.15, -0.1) is 0 Å². The zero-order valence-corrected chi connectivity index (χ0v) is 14.2. The Bertz CT molecular complexity index is 664. The number of likely N-dealkylation sites (tertiary alicyclic amines) is 1. The van der Waals surface area contributed by atoms with Gasteiger partial charge >= 0.3 is 0 Å². The Labute approximate surface area is 136 Å². The molecule has 3 rings (SSSR count). The van der Waals surface area contributed by atoms with Crippen molar-refractivity contribution in [3.8, 4) is 0 Å². The zero-order chi connectivity index (χ0) is 16.4. The number of aromatic nitrogens is 2. The molecule has 0 unspecified atom stereocenters. The Morgan fingerprint density at radius 3 is 2.65 bits per heavy atom. The molecule has 1 aromatic heterocycles. The van der Waals surface area contributed by atoms with E-state index in [-0.39, 0.29) is 22.8 Å².